The Balaban J connectivity index is 1.45. The van der Waals surface area contributed by atoms with E-state index in [4.69, 9.17) is 11.6 Å². The van der Waals surface area contributed by atoms with Gasteiger partial charge in [0.2, 0.25) is 0 Å². The maximum Gasteiger partial charge on any atom is 0.416 e. The summed E-state index contributed by atoms with van der Waals surface area (Å²) >= 11 is 5.92. The average molecular weight is 601 g/mol. The van der Waals surface area contributed by atoms with Gasteiger partial charge >= 0.3 is 17.8 Å². The van der Waals surface area contributed by atoms with Gasteiger partial charge < -0.3 is 10.3 Å². The summed E-state index contributed by atoms with van der Waals surface area (Å²) in [7, 11) is 0. The molecule has 3 heterocycles. The fourth-order valence-corrected chi connectivity index (χ4v) is 4.12. The molecule has 0 saturated carbocycles. The molecule has 12 nitrogen and oxygen atoms in total. The first kappa shape index (κ1) is 28.5. The average Bonchev–Trinajstić information content (AvgIpc) is 3.55. The van der Waals surface area contributed by atoms with Crippen molar-refractivity contribution in [3.63, 3.8) is 0 Å². The standard InChI is InChI=1S/C26H20ClF3N8O4/c27-17-10-8-16(9-11-17)23-34-36(25(41)35(23)13-20(39)26(28,29)30)14-21-31-15-37(33-21)19-6-2-1-5-18(19)24(40)32-22-7-3-4-12-38(22)42/h1-12,15,20,39H,13-14H2,(H,32,40). The van der Waals surface area contributed by atoms with E-state index in [1.165, 1.54) is 59.7 Å². The molecule has 42 heavy (non-hydrogen) atoms. The number of pyridine rings is 1. The van der Waals surface area contributed by atoms with E-state index in [9.17, 15) is 33.1 Å². The van der Waals surface area contributed by atoms with Crippen LogP contribution in [0.2, 0.25) is 5.02 Å². The number of aromatic nitrogens is 7. The number of para-hydroxylation sites is 1. The second-order valence-corrected chi connectivity index (χ2v) is 9.36. The summed E-state index contributed by atoms with van der Waals surface area (Å²) in [5.41, 5.74) is -0.186. The van der Waals surface area contributed by atoms with E-state index in [2.05, 4.69) is 20.5 Å². The van der Waals surface area contributed by atoms with Gasteiger partial charge in [-0.15, -0.1) is 10.2 Å². The van der Waals surface area contributed by atoms with Crippen molar-refractivity contribution < 1.29 is 27.8 Å². The molecule has 2 N–H and O–H groups in total. The summed E-state index contributed by atoms with van der Waals surface area (Å²) in [6, 6.07) is 16.8. The van der Waals surface area contributed by atoms with Crippen molar-refractivity contribution in [2.45, 2.75) is 25.4 Å². The van der Waals surface area contributed by atoms with E-state index in [0.717, 1.165) is 4.68 Å². The number of nitrogens with zero attached hydrogens (tertiary/aromatic N) is 7. The molecule has 0 aliphatic carbocycles. The highest BCUT2D eigenvalue weighted by Crippen LogP contribution is 2.24. The van der Waals surface area contributed by atoms with Crippen molar-refractivity contribution in [3.8, 4) is 17.1 Å². The number of benzene rings is 2. The number of aliphatic hydroxyl groups excluding tert-OH is 1. The molecule has 1 unspecified atom stereocenters. The Morgan fingerprint density at radius 3 is 2.50 bits per heavy atom. The number of carbonyl (C=O) groups excluding carboxylic acids is 1. The largest absolute Gasteiger partial charge is 0.711 e. The van der Waals surface area contributed by atoms with Gasteiger partial charge in [0.25, 0.3) is 5.82 Å². The highest BCUT2D eigenvalue weighted by atomic mass is 35.5. The van der Waals surface area contributed by atoms with Crippen LogP contribution in [0, 0.1) is 5.21 Å². The Bertz CT molecular complexity index is 1800. The molecule has 1 amide bonds. The number of carbonyl (C=O) groups is 1. The summed E-state index contributed by atoms with van der Waals surface area (Å²) in [6.07, 6.45) is -5.26. The van der Waals surface area contributed by atoms with E-state index in [-0.39, 0.29) is 29.6 Å². The monoisotopic (exact) mass is 600 g/mol. The molecule has 2 aromatic carbocycles. The summed E-state index contributed by atoms with van der Waals surface area (Å²) in [5, 5.41) is 33.0. The van der Waals surface area contributed by atoms with E-state index in [1.54, 1.807) is 24.3 Å². The lowest BCUT2D eigenvalue weighted by Crippen LogP contribution is -2.37. The van der Waals surface area contributed by atoms with Crippen LogP contribution in [0.1, 0.15) is 16.2 Å². The minimum atomic E-state index is -4.97. The predicted molar refractivity (Wildman–Crippen MR) is 143 cm³/mol. The molecule has 0 saturated heterocycles. The number of amides is 1. The van der Waals surface area contributed by atoms with Crippen LogP contribution in [0.25, 0.3) is 17.1 Å². The van der Waals surface area contributed by atoms with Crippen molar-refractivity contribution in [3.05, 3.63) is 111 Å². The lowest BCUT2D eigenvalue weighted by atomic mass is 10.1. The predicted octanol–water partition coefficient (Wildman–Crippen LogP) is 2.80. The molecular formula is C26H20ClF3N8O4. The fourth-order valence-electron chi connectivity index (χ4n) is 3.99. The van der Waals surface area contributed by atoms with Gasteiger partial charge in [0, 0.05) is 16.7 Å². The zero-order chi connectivity index (χ0) is 30.0. The first-order valence-corrected chi connectivity index (χ1v) is 12.6. The number of hydrogen-bond acceptors (Lipinski definition) is 7. The van der Waals surface area contributed by atoms with Crippen molar-refractivity contribution in [1.29, 1.82) is 0 Å². The van der Waals surface area contributed by atoms with Crippen molar-refractivity contribution in [1.82, 2.24) is 29.1 Å². The van der Waals surface area contributed by atoms with E-state index in [1.807, 2.05) is 0 Å². The summed E-state index contributed by atoms with van der Waals surface area (Å²) in [5.74, 6) is -0.655. The third-order valence-electron chi connectivity index (χ3n) is 6.05. The van der Waals surface area contributed by atoms with Crippen LogP contribution in [0.4, 0.5) is 19.0 Å². The molecule has 0 aliphatic rings. The number of rotatable bonds is 8. The highest BCUT2D eigenvalue weighted by molar-refractivity contribution is 6.30. The smallest absolute Gasteiger partial charge is 0.416 e. The molecular weight excluding hydrogens is 581 g/mol. The topological polar surface area (TPSA) is 147 Å². The van der Waals surface area contributed by atoms with Crippen LogP contribution in [-0.2, 0) is 13.1 Å². The molecule has 16 heteroatoms. The van der Waals surface area contributed by atoms with Gasteiger partial charge in [0.1, 0.15) is 12.9 Å². The van der Waals surface area contributed by atoms with Crippen LogP contribution in [0.3, 0.4) is 0 Å². The van der Waals surface area contributed by atoms with Crippen LogP contribution in [0.15, 0.2) is 84.0 Å². The third-order valence-corrected chi connectivity index (χ3v) is 6.30. The maximum absolute atomic E-state index is 13.1. The minimum Gasteiger partial charge on any atom is -0.711 e. The summed E-state index contributed by atoms with van der Waals surface area (Å²) in [4.78, 5) is 30.3. The van der Waals surface area contributed by atoms with Crippen molar-refractivity contribution in [2.75, 3.05) is 5.32 Å². The molecule has 1 atom stereocenters. The van der Waals surface area contributed by atoms with Crippen molar-refractivity contribution >= 4 is 23.3 Å². The van der Waals surface area contributed by atoms with Crippen LogP contribution >= 0.6 is 11.6 Å². The number of nitrogens with one attached hydrogen (secondary N) is 1. The first-order valence-electron chi connectivity index (χ1n) is 12.2. The SMILES string of the molecule is O=C(Nc1cccc[n+]1[O-])c1ccccc1-n1cnc(Cn2nc(-c3ccc(Cl)cc3)n(CC(O)C(F)(F)F)c2=O)n1. The van der Waals surface area contributed by atoms with Gasteiger partial charge in [-0.1, -0.05) is 29.8 Å². The quantitative estimate of drug-likeness (QED) is 0.206. The number of aliphatic hydroxyl groups is 1. The lowest BCUT2D eigenvalue weighted by Gasteiger charge is -2.15. The van der Waals surface area contributed by atoms with Crippen LogP contribution in [0.5, 0.6) is 0 Å². The van der Waals surface area contributed by atoms with E-state index in [0.29, 0.717) is 25.6 Å². The molecule has 0 bridgehead atoms. The second kappa shape index (κ2) is 11.5. The molecule has 0 spiro atoms. The Morgan fingerprint density at radius 1 is 1.07 bits per heavy atom. The fraction of sp³-hybridized carbons (Fsp3) is 0.154. The zero-order valence-corrected chi connectivity index (χ0v) is 22.1. The molecule has 0 fully saturated rings. The summed E-state index contributed by atoms with van der Waals surface area (Å²) in [6.45, 7) is -1.43. The van der Waals surface area contributed by atoms with Crippen molar-refractivity contribution in [2.24, 2.45) is 0 Å². The van der Waals surface area contributed by atoms with Gasteiger partial charge in [-0.25, -0.2) is 34.0 Å². The number of halogens is 4. The van der Waals surface area contributed by atoms with E-state index < -0.39 is 30.4 Å². The Hall–Kier alpha value is -5.02. The van der Waals surface area contributed by atoms with E-state index >= 15 is 0 Å². The number of hydrogen-bond donors (Lipinski definition) is 2. The van der Waals surface area contributed by atoms with Gasteiger partial charge in [-0.2, -0.15) is 13.2 Å². The molecule has 0 radical (unpaired) electrons. The Morgan fingerprint density at radius 2 is 1.79 bits per heavy atom. The normalized spacial score (nSPS) is 12.3. The Labute approximate surface area is 239 Å². The van der Waals surface area contributed by atoms with Gasteiger partial charge in [0.15, 0.2) is 17.8 Å². The Kier molecular flexibility index (Phi) is 7.78. The number of alkyl halides is 3. The zero-order valence-electron chi connectivity index (χ0n) is 21.3. The van der Waals surface area contributed by atoms with Crippen LogP contribution < -0.4 is 15.7 Å². The molecule has 0 aliphatic heterocycles. The molecule has 5 aromatic rings. The maximum atomic E-state index is 13.1. The van der Waals surface area contributed by atoms with Gasteiger partial charge in [-0.3, -0.25) is 4.57 Å². The number of anilines is 1. The summed E-state index contributed by atoms with van der Waals surface area (Å²) < 4.78 is 42.7. The highest BCUT2D eigenvalue weighted by Gasteiger charge is 2.39. The van der Waals surface area contributed by atoms with Gasteiger partial charge in [-0.05, 0) is 42.5 Å². The van der Waals surface area contributed by atoms with Crippen LogP contribution in [-0.4, -0.2) is 52.4 Å². The lowest BCUT2D eigenvalue weighted by molar-refractivity contribution is -0.590. The second-order valence-electron chi connectivity index (χ2n) is 8.93. The molecule has 5 rings (SSSR count). The molecule has 3 aromatic heterocycles. The molecule has 216 valence electrons. The third kappa shape index (κ3) is 6.01. The first-order chi connectivity index (χ1) is 20.0. The van der Waals surface area contributed by atoms with Gasteiger partial charge in [0.05, 0.1) is 24.0 Å². The minimum absolute atomic E-state index is 0.0127.